The van der Waals surface area contributed by atoms with E-state index in [0.29, 0.717) is 24.1 Å². The molecule has 6 heteroatoms. The molecular weight excluding hydrogens is 298 g/mol. The SMILES string of the molecule is COCc1c(C(=O)OC2CCCCNC2=O)oc2ccccc12. The van der Waals surface area contributed by atoms with Gasteiger partial charge in [0.1, 0.15) is 5.58 Å². The molecule has 0 bridgehead atoms. The van der Waals surface area contributed by atoms with Gasteiger partial charge in [-0.05, 0) is 25.3 Å². The molecule has 1 unspecified atom stereocenters. The van der Waals surface area contributed by atoms with Gasteiger partial charge in [0.15, 0.2) is 6.10 Å². The van der Waals surface area contributed by atoms with Crippen molar-refractivity contribution < 1.29 is 23.5 Å². The lowest BCUT2D eigenvalue weighted by Gasteiger charge is -2.13. The van der Waals surface area contributed by atoms with Gasteiger partial charge in [-0.25, -0.2) is 4.79 Å². The zero-order valence-electron chi connectivity index (χ0n) is 13.0. The van der Waals surface area contributed by atoms with Gasteiger partial charge in [-0.1, -0.05) is 18.2 Å². The van der Waals surface area contributed by atoms with Gasteiger partial charge in [0.05, 0.1) is 6.61 Å². The normalized spacial score (nSPS) is 18.5. The minimum absolute atomic E-state index is 0.102. The van der Waals surface area contributed by atoms with Crippen molar-refractivity contribution in [3.63, 3.8) is 0 Å². The summed E-state index contributed by atoms with van der Waals surface area (Å²) in [7, 11) is 1.55. The number of hydrogen-bond acceptors (Lipinski definition) is 5. The highest BCUT2D eigenvalue weighted by molar-refractivity contribution is 5.97. The average Bonchev–Trinajstić information content (AvgIpc) is 2.80. The Balaban J connectivity index is 1.87. The van der Waals surface area contributed by atoms with Crippen LogP contribution in [0.2, 0.25) is 0 Å². The fraction of sp³-hybridized carbons (Fsp3) is 0.412. The Hall–Kier alpha value is -2.34. The Labute approximate surface area is 133 Å². The Kier molecular flexibility index (Phi) is 4.62. The van der Waals surface area contributed by atoms with Gasteiger partial charge in [0, 0.05) is 24.6 Å². The van der Waals surface area contributed by atoms with Crippen LogP contribution in [0.25, 0.3) is 11.0 Å². The van der Waals surface area contributed by atoms with Crippen LogP contribution in [0.4, 0.5) is 0 Å². The molecule has 0 saturated carbocycles. The predicted octanol–water partition coefficient (Wildman–Crippen LogP) is 2.40. The van der Waals surface area contributed by atoms with Crippen LogP contribution in [0, 0.1) is 0 Å². The van der Waals surface area contributed by atoms with Crippen LogP contribution in [0.1, 0.15) is 35.4 Å². The van der Waals surface area contributed by atoms with Gasteiger partial charge in [-0.3, -0.25) is 4.79 Å². The van der Waals surface area contributed by atoms with Crippen LogP contribution < -0.4 is 5.32 Å². The van der Waals surface area contributed by atoms with E-state index in [1.807, 2.05) is 18.2 Å². The van der Waals surface area contributed by atoms with Crippen molar-refractivity contribution in [1.29, 1.82) is 0 Å². The van der Waals surface area contributed by atoms with Gasteiger partial charge in [0.2, 0.25) is 5.76 Å². The molecule has 1 amide bonds. The summed E-state index contributed by atoms with van der Waals surface area (Å²) in [6.07, 6.45) is 1.48. The minimum Gasteiger partial charge on any atom is -0.449 e. The lowest BCUT2D eigenvalue weighted by molar-refractivity contribution is -0.129. The Morgan fingerprint density at radius 3 is 3.00 bits per heavy atom. The first-order valence-corrected chi connectivity index (χ1v) is 7.68. The third-order valence-corrected chi connectivity index (χ3v) is 3.91. The van der Waals surface area contributed by atoms with E-state index in [0.717, 1.165) is 18.2 Å². The molecule has 1 N–H and O–H groups in total. The number of fused-ring (bicyclic) bond motifs is 1. The summed E-state index contributed by atoms with van der Waals surface area (Å²) in [5, 5.41) is 3.56. The second-order valence-corrected chi connectivity index (χ2v) is 5.52. The van der Waals surface area contributed by atoms with Gasteiger partial charge in [-0.2, -0.15) is 0 Å². The second-order valence-electron chi connectivity index (χ2n) is 5.52. The third-order valence-electron chi connectivity index (χ3n) is 3.91. The summed E-state index contributed by atoms with van der Waals surface area (Å²) in [4.78, 5) is 24.4. The topological polar surface area (TPSA) is 77.8 Å². The highest BCUT2D eigenvalue weighted by atomic mass is 16.6. The molecule has 1 fully saturated rings. The highest BCUT2D eigenvalue weighted by Gasteiger charge is 2.28. The molecule has 1 aromatic heterocycles. The molecule has 0 spiro atoms. The molecule has 1 aliphatic heterocycles. The third kappa shape index (κ3) is 3.22. The highest BCUT2D eigenvalue weighted by Crippen LogP contribution is 2.27. The molecule has 6 nitrogen and oxygen atoms in total. The Bertz CT molecular complexity index is 721. The largest absolute Gasteiger partial charge is 0.449 e. The van der Waals surface area contributed by atoms with Crippen molar-refractivity contribution in [3.8, 4) is 0 Å². The van der Waals surface area contributed by atoms with Crippen molar-refractivity contribution in [3.05, 3.63) is 35.6 Å². The molecule has 23 heavy (non-hydrogen) atoms. The Morgan fingerprint density at radius 2 is 2.17 bits per heavy atom. The molecule has 1 atom stereocenters. The molecule has 1 saturated heterocycles. The number of methoxy groups -OCH3 is 1. The van der Waals surface area contributed by atoms with Gasteiger partial charge < -0.3 is 19.2 Å². The summed E-state index contributed by atoms with van der Waals surface area (Å²) in [5.41, 5.74) is 1.24. The van der Waals surface area contributed by atoms with Crippen LogP contribution >= 0.6 is 0 Å². The average molecular weight is 317 g/mol. The van der Waals surface area contributed by atoms with E-state index in [-0.39, 0.29) is 18.3 Å². The van der Waals surface area contributed by atoms with Crippen molar-refractivity contribution in [1.82, 2.24) is 5.32 Å². The summed E-state index contributed by atoms with van der Waals surface area (Å²) in [6.45, 7) is 0.852. The number of esters is 1. The molecule has 0 radical (unpaired) electrons. The number of nitrogens with one attached hydrogen (secondary N) is 1. The van der Waals surface area contributed by atoms with Gasteiger partial charge in [-0.15, -0.1) is 0 Å². The van der Waals surface area contributed by atoms with E-state index in [9.17, 15) is 9.59 Å². The standard InChI is InChI=1S/C17H19NO5/c1-21-10-12-11-6-2-3-7-13(11)22-15(12)17(20)23-14-8-4-5-9-18-16(14)19/h2-3,6-7,14H,4-5,8-10H2,1H3,(H,18,19). The smallest absolute Gasteiger partial charge is 0.375 e. The van der Waals surface area contributed by atoms with Crippen LogP contribution in [-0.4, -0.2) is 31.6 Å². The molecular formula is C17H19NO5. The van der Waals surface area contributed by atoms with Crippen molar-refractivity contribution in [2.24, 2.45) is 0 Å². The first kappa shape index (κ1) is 15.6. The van der Waals surface area contributed by atoms with Crippen molar-refractivity contribution in [2.75, 3.05) is 13.7 Å². The molecule has 0 aliphatic carbocycles. The van der Waals surface area contributed by atoms with Crippen LogP contribution in [0.5, 0.6) is 0 Å². The van der Waals surface area contributed by atoms with Gasteiger partial charge in [0.25, 0.3) is 5.91 Å². The molecule has 1 aromatic carbocycles. The zero-order valence-corrected chi connectivity index (χ0v) is 13.0. The number of hydrogen-bond donors (Lipinski definition) is 1. The monoisotopic (exact) mass is 317 g/mol. The summed E-state index contributed by atoms with van der Waals surface area (Å²) >= 11 is 0. The number of furan rings is 1. The summed E-state index contributed by atoms with van der Waals surface area (Å²) in [5.74, 6) is -0.777. The quantitative estimate of drug-likeness (QED) is 0.876. The van der Waals surface area contributed by atoms with E-state index in [2.05, 4.69) is 5.32 Å². The molecule has 2 heterocycles. The Morgan fingerprint density at radius 1 is 1.35 bits per heavy atom. The number of amides is 1. The lowest BCUT2D eigenvalue weighted by Crippen LogP contribution is -2.36. The summed E-state index contributed by atoms with van der Waals surface area (Å²) in [6, 6.07) is 7.34. The molecule has 2 aromatic rings. The predicted molar refractivity (Wildman–Crippen MR) is 83.0 cm³/mol. The molecule has 3 rings (SSSR count). The maximum Gasteiger partial charge on any atom is 0.375 e. The van der Waals surface area contributed by atoms with Gasteiger partial charge >= 0.3 is 5.97 Å². The van der Waals surface area contributed by atoms with E-state index in [1.54, 1.807) is 13.2 Å². The van der Waals surface area contributed by atoms with E-state index in [1.165, 1.54) is 0 Å². The first-order valence-electron chi connectivity index (χ1n) is 7.68. The fourth-order valence-corrected chi connectivity index (χ4v) is 2.76. The number of benzene rings is 1. The second kappa shape index (κ2) is 6.83. The maximum absolute atomic E-state index is 12.5. The van der Waals surface area contributed by atoms with Crippen LogP contribution in [0.3, 0.4) is 0 Å². The van der Waals surface area contributed by atoms with E-state index >= 15 is 0 Å². The zero-order chi connectivity index (χ0) is 16.2. The molecule has 1 aliphatic rings. The number of ether oxygens (including phenoxy) is 2. The van der Waals surface area contributed by atoms with Crippen LogP contribution in [-0.2, 0) is 20.9 Å². The fourth-order valence-electron chi connectivity index (χ4n) is 2.76. The summed E-state index contributed by atoms with van der Waals surface area (Å²) < 4.78 is 16.2. The molecule has 122 valence electrons. The lowest BCUT2D eigenvalue weighted by atomic mass is 10.1. The van der Waals surface area contributed by atoms with E-state index < -0.39 is 12.1 Å². The van der Waals surface area contributed by atoms with Crippen LogP contribution in [0.15, 0.2) is 28.7 Å². The number of rotatable bonds is 4. The number of carbonyl (C=O) groups excluding carboxylic acids is 2. The van der Waals surface area contributed by atoms with Crippen molar-refractivity contribution in [2.45, 2.75) is 32.0 Å². The van der Waals surface area contributed by atoms with Crippen molar-refractivity contribution >= 4 is 22.8 Å². The number of para-hydroxylation sites is 1. The van der Waals surface area contributed by atoms with E-state index in [4.69, 9.17) is 13.9 Å². The number of carbonyl (C=O) groups is 2. The minimum atomic E-state index is -0.770. The maximum atomic E-state index is 12.5. The first-order chi connectivity index (χ1) is 11.2.